The predicted octanol–water partition coefficient (Wildman–Crippen LogP) is -0.662. The molecule has 2 N–H and O–H groups in total. The van der Waals surface area contributed by atoms with Gasteiger partial charge in [0.1, 0.15) is 6.54 Å². The Hall–Kier alpha value is -2.26. The number of hydrogen-bond acceptors (Lipinski definition) is 5. The highest BCUT2D eigenvalue weighted by Crippen LogP contribution is 2.21. The van der Waals surface area contributed by atoms with Crippen LogP contribution >= 0.6 is 0 Å². The molecule has 0 bridgehead atoms. The summed E-state index contributed by atoms with van der Waals surface area (Å²) in [6.07, 6.45) is 0. The molecule has 0 aliphatic carbocycles. The van der Waals surface area contributed by atoms with Crippen LogP contribution in [0, 0.1) is 0 Å². The van der Waals surface area contributed by atoms with E-state index in [2.05, 4.69) is 10.0 Å². The molecule has 0 unspecified atom stereocenters. The van der Waals surface area contributed by atoms with Gasteiger partial charge in [-0.05, 0) is 19.1 Å². The van der Waals surface area contributed by atoms with Gasteiger partial charge < -0.3 is 5.32 Å². The summed E-state index contributed by atoms with van der Waals surface area (Å²) in [5.41, 5.74) is 0.557. The van der Waals surface area contributed by atoms with Crippen molar-refractivity contribution in [2.75, 3.05) is 25.4 Å². The standard InChI is InChI=1S/C14H17N3O5S/c1-2-23(21,22)16-8-7-15-12(18)9-17-13(19)10-5-3-4-6-11(10)14(17)20/h3-6,16H,2,7-9H2,1H3,(H,15,18). The van der Waals surface area contributed by atoms with Crippen LogP contribution in [0.1, 0.15) is 27.6 Å². The summed E-state index contributed by atoms with van der Waals surface area (Å²) < 4.78 is 24.7. The molecule has 3 amide bonds. The number of nitrogens with one attached hydrogen (secondary N) is 2. The fourth-order valence-electron chi connectivity index (χ4n) is 2.09. The number of sulfonamides is 1. The number of rotatable bonds is 7. The van der Waals surface area contributed by atoms with Gasteiger partial charge >= 0.3 is 0 Å². The van der Waals surface area contributed by atoms with Crippen LogP contribution in [-0.2, 0) is 14.8 Å². The second-order valence-corrected chi connectivity index (χ2v) is 6.99. The maximum atomic E-state index is 12.1. The summed E-state index contributed by atoms with van der Waals surface area (Å²) in [5, 5.41) is 2.46. The molecule has 0 saturated heterocycles. The second kappa shape index (κ2) is 6.88. The van der Waals surface area contributed by atoms with Gasteiger partial charge in [0.25, 0.3) is 11.8 Å². The van der Waals surface area contributed by atoms with E-state index in [1.165, 1.54) is 19.1 Å². The minimum atomic E-state index is -3.31. The molecule has 124 valence electrons. The van der Waals surface area contributed by atoms with Crippen LogP contribution in [0.25, 0.3) is 0 Å². The zero-order valence-electron chi connectivity index (χ0n) is 12.5. The topological polar surface area (TPSA) is 113 Å². The van der Waals surface area contributed by atoms with E-state index in [-0.39, 0.29) is 30.0 Å². The lowest BCUT2D eigenvalue weighted by Gasteiger charge is -2.13. The van der Waals surface area contributed by atoms with Crippen molar-refractivity contribution in [2.45, 2.75) is 6.92 Å². The zero-order valence-corrected chi connectivity index (χ0v) is 13.4. The van der Waals surface area contributed by atoms with Gasteiger partial charge in [0.05, 0.1) is 16.9 Å². The molecule has 0 saturated carbocycles. The molecule has 1 aromatic carbocycles. The minimum absolute atomic E-state index is 0.0456. The van der Waals surface area contributed by atoms with Crippen LogP contribution in [0.3, 0.4) is 0 Å². The summed E-state index contributed by atoms with van der Waals surface area (Å²) in [6.45, 7) is 1.22. The Morgan fingerprint density at radius 1 is 1.09 bits per heavy atom. The third kappa shape index (κ3) is 3.93. The molecule has 2 rings (SSSR count). The Morgan fingerprint density at radius 3 is 2.17 bits per heavy atom. The highest BCUT2D eigenvalue weighted by atomic mass is 32.2. The molecule has 0 fully saturated rings. The first-order valence-electron chi connectivity index (χ1n) is 7.05. The maximum absolute atomic E-state index is 12.1. The van der Waals surface area contributed by atoms with Crippen LogP contribution in [0.5, 0.6) is 0 Å². The summed E-state index contributed by atoms with van der Waals surface area (Å²) in [5.74, 6) is -1.59. The molecule has 0 radical (unpaired) electrons. The summed E-state index contributed by atoms with van der Waals surface area (Å²) in [4.78, 5) is 36.8. The van der Waals surface area contributed by atoms with Crippen LogP contribution in [0.15, 0.2) is 24.3 Å². The Bertz CT molecular complexity index is 710. The molecule has 8 nitrogen and oxygen atoms in total. The van der Waals surface area contributed by atoms with Gasteiger partial charge in [-0.1, -0.05) is 12.1 Å². The Kier molecular flexibility index (Phi) is 5.12. The van der Waals surface area contributed by atoms with E-state index in [1.807, 2.05) is 0 Å². The Balaban J connectivity index is 1.85. The third-order valence-corrected chi connectivity index (χ3v) is 4.73. The average molecular weight is 339 g/mol. The van der Waals surface area contributed by atoms with Crippen LogP contribution in [-0.4, -0.2) is 56.4 Å². The summed E-state index contributed by atoms with van der Waals surface area (Å²) in [6, 6.07) is 6.36. The molecular formula is C14H17N3O5S. The fraction of sp³-hybridized carbons (Fsp3) is 0.357. The number of benzene rings is 1. The van der Waals surface area contributed by atoms with Gasteiger partial charge in [0, 0.05) is 13.1 Å². The number of hydrogen-bond donors (Lipinski definition) is 2. The van der Waals surface area contributed by atoms with Crippen molar-refractivity contribution in [2.24, 2.45) is 0 Å². The normalized spacial score (nSPS) is 14.0. The molecule has 1 aliphatic rings. The largest absolute Gasteiger partial charge is 0.353 e. The van der Waals surface area contributed by atoms with Gasteiger partial charge in [-0.15, -0.1) is 0 Å². The third-order valence-electron chi connectivity index (χ3n) is 3.33. The predicted molar refractivity (Wildman–Crippen MR) is 82.3 cm³/mol. The van der Waals surface area contributed by atoms with E-state index < -0.39 is 34.3 Å². The maximum Gasteiger partial charge on any atom is 0.262 e. The van der Waals surface area contributed by atoms with Crippen molar-refractivity contribution in [3.8, 4) is 0 Å². The zero-order chi connectivity index (χ0) is 17.0. The minimum Gasteiger partial charge on any atom is -0.353 e. The quantitative estimate of drug-likeness (QED) is 0.506. The van der Waals surface area contributed by atoms with Crippen molar-refractivity contribution in [3.05, 3.63) is 35.4 Å². The van der Waals surface area contributed by atoms with Gasteiger partial charge in [0.2, 0.25) is 15.9 Å². The van der Waals surface area contributed by atoms with Crippen LogP contribution in [0.4, 0.5) is 0 Å². The van der Waals surface area contributed by atoms with Crippen molar-refractivity contribution in [3.63, 3.8) is 0 Å². The lowest BCUT2D eigenvalue weighted by atomic mass is 10.1. The van der Waals surface area contributed by atoms with E-state index in [1.54, 1.807) is 12.1 Å². The number of imide groups is 1. The Morgan fingerprint density at radius 2 is 1.65 bits per heavy atom. The lowest BCUT2D eigenvalue weighted by molar-refractivity contribution is -0.121. The number of nitrogens with zero attached hydrogens (tertiary/aromatic N) is 1. The SMILES string of the molecule is CCS(=O)(=O)NCCNC(=O)CN1C(=O)c2ccccc2C1=O. The molecule has 1 heterocycles. The van der Waals surface area contributed by atoms with E-state index in [4.69, 9.17) is 0 Å². The van der Waals surface area contributed by atoms with E-state index >= 15 is 0 Å². The molecular weight excluding hydrogens is 322 g/mol. The summed E-state index contributed by atoms with van der Waals surface area (Å²) >= 11 is 0. The Labute approximate surface area is 133 Å². The monoisotopic (exact) mass is 339 g/mol. The average Bonchev–Trinajstić information content (AvgIpc) is 2.77. The van der Waals surface area contributed by atoms with Crippen LogP contribution in [0.2, 0.25) is 0 Å². The molecule has 23 heavy (non-hydrogen) atoms. The summed E-state index contributed by atoms with van der Waals surface area (Å²) in [7, 11) is -3.31. The smallest absolute Gasteiger partial charge is 0.262 e. The van der Waals surface area contributed by atoms with E-state index in [0.29, 0.717) is 0 Å². The molecule has 0 spiro atoms. The van der Waals surface area contributed by atoms with E-state index in [0.717, 1.165) is 4.90 Å². The van der Waals surface area contributed by atoms with Crippen molar-refractivity contribution < 1.29 is 22.8 Å². The van der Waals surface area contributed by atoms with Gasteiger partial charge in [0.15, 0.2) is 0 Å². The highest BCUT2D eigenvalue weighted by Gasteiger charge is 2.36. The molecule has 1 aromatic rings. The van der Waals surface area contributed by atoms with Gasteiger partial charge in [-0.2, -0.15) is 0 Å². The number of amides is 3. The fourth-order valence-corrected chi connectivity index (χ4v) is 2.71. The first kappa shape index (κ1) is 17.1. The van der Waals surface area contributed by atoms with Crippen LogP contribution < -0.4 is 10.0 Å². The molecule has 1 aliphatic heterocycles. The van der Waals surface area contributed by atoms with Crippen molar-refractivity contribution in [1.29, 1.82) is 0 Å². The lowest BCUT2D eigenvalue weighted by Crippen LogP contribution is -2.42. The van der Waals surface area contributed by atoms with Crippen molar-refractivity contribution >= 4 is 27.7 Å². The molecule has 0 aromatic heterocycles. The first-order chi connectivity index (χ1) is 10.9. The number of carbonyl (C=O) groups is 3. The molecule has 0 atom stereocenters. The number of carbonyl (C=O) groups excluding carboxylic acids is 3. The highest BCUT2D eigenvalue weighted by molar-refractivity contribution is 7.89. The second-order valence-electron chi connectivity index (χ2n) is 4.89. The van der Waals surface area contributed by atoms with E-state index in [9.17, 15) is 22.8 Å². The van der Waals surface area contributed by atoms with Crippen molar-refractivity contribution in [1.82, 2.24) is 14.9 Å². The first-order valence-corrected chi connectivity index (χ1v) is 8.70. The van der Waals surface area contributed by atoms with Gasteiger partial charge in [-0.3, -0.25) is 19.3 Å². The molecule has 9 heteroatoms. The van der Waals surface area contributed by atoms with Gasteiger partial charge in [-0.25, -0.2) is 13.1 Å². The number of fused-ring (bicyclic) bond motifs is 1.